The van der Waals surface area contributed by atoms with Crippen LogP contribution in [0.1, 0.15) is 77.0 Å². The minimum absolute atomic E-state index is 0.0816. The average molecular weight is 921 g/mol. The molecule has 0 radical (unpaired) electrons. The minimum atomic E-state index is -0.172. The lowest BCUT2D eigenvalue weighted by Gasteiger charge is -2.46. The van der Waals surface area contributed by atoms with Gasteiger partial charge in [0.25, 0.3) is 6.71 Å². The van der Waals surface area contributed by atoms with Crippen LogP contribution in [-0.4, -0.2) is 6.71 Å². The number of furan rings is 2. The number of hydrogen-bond acceptors (Lipinski definition) is 4. The van der Waals surface area contributed by atoms with Crippen LogP contribution in [0.4, 0.5) is 34.1 Å². The Morgan fingerprint density at radius 2 is 0.831 bits per heavy atom. The summed E-state index contributed by atoms with van der Waals surface area (Å²) in [5, 5.41) is 4.66. The van der Waals surface area contributed by atoms with Gasteiger partial charge in [0.1, 0.15) is 22.3 Å². The van der Waals surface area contributed by atoms with Gasteiger partial charge in [0.15, 0.2) is 0 Å². The predicted octanol–water partition coefficient (Wildman–Crippen LogP) is 16.9. The molecular weight excluding hydrogens is 864 g/mol. The molecule has 5 heteroatoms. The van der Waals surface area contributed by atoms with Crippen molar-refractivity contribution in [1.29, 1.82) is 0 Å². The zero-order chi connectivity index (χ0) is 48.0. The van der Waals surface area contributed by atoms with Crippen LogP contribution < -0.4 is 26.2 Å². The van der Waals surface area contributed by atoms with Crippen molar-refractivity contribution in [3.05, 3.63) is 199 Å². The van der Waals surface area contributed by atoms with Crippen molar-refractivity contribution < 1.29 is 8.83 Å². The van der Waals surface area contributed by atoms with Gasteiger partial charge in [0.05, 0.1) is 11.4 Å². The van der Waals surface area contributed by atoms with E-state index in [1.807, 2.05) is 0 Å². The van der Waals surface area contributed by atoms with E-state index >= 15 is 0 Å². The fourth-order valence-electron chi connectivity index (χ4n) is 11.7. The summed E-state index contributed by atoms with van der Waals surface area (Å²) in [6.07, 6.45) is 6.27. The van der Waals surface area contributed by atoms with Crippen molar-refractivity contribution >= 4 is 101 Å². The summed E-state index contributed by atoms with van der Waals surface area (Å²) in [4.78, 5) is 5.24. The van der Waals surface area contributed by atoms with E-state index in [4.69, 9.17) is 8.83 Å². The largest absolute Gasteiger partial charge is 0.456 e. The summed E-state index contributed by atoms with van der Waals surface area (Å²) in [7, 11) is 0. The summed E-state index contributed by atoms with van der Waals surface area (Å²) in [5.74, 6) is 0. The van der Waals surface area contributed by atoms with Crippen molar-refractivity contribution in [3.63, 3.8) is 0 Å². The van der Waals surface area contributed by atoms with Crippen molar-refractivity contribution in [2.75, 3.05) is 9.80 Å². The first kappa shape index (κ1) is 43.3. The van der Waals surface area contributed by atoms with E-state index in [9.17, 15) is 0 Å². The maximum absolute atomic E-state index is 6.79. The van der Waals surface area contributed by atoms with Gasteiger partial charge in [-0.1, -0.05) is 169 Å². The smallest absolute Gasteiger partial charge is 0.252 e. The number of unbranched alkanes of at least 4 members (excludes halogenated alkanes) is 2. The Morgan fingerprint density at radius 1 is 0.394 bits per heavy atom. The van der Waals surface area contributed by atoms with Crippen LogP contribution in [-0.2, 0) is 18.3 Å². The Kier molecular flexibility index (Phi) is 10.4. The normalized spacial score (nSPS) is 13.1. The highest BCUT2D eigenvalue weighted by atomic mass is 16.3. The molecule has 13 rings (SSSR count). The topological polar surface area (TPSA) is 32.8 Å². The first-order valence-corrected chi connectivity index (χ1v) is 25.8. The minimum Gasteiger partial charge on any atom is -0.456 e. The summed E-state index contributed by atoms with van der Waals surface area (Å²) >= 11 is 0. The molecule has 0 N–H and O–H groups in total. The van der Waals surface area contributed by atoms with E-state index < -0.39 is 0 Å². The van der Waals surface area contributed by atoms with Crippen molar-refractivity contribution in [2.24, 2.45) is 0 Å². The molecule has 2 aliphatic heterocycles. The molecule has 71 heavy (non-hydrogen) atoms. The number of benzene rings is 9. The summed E-state index contributed by atoms with van der Waals surface area (Å²) in [5.41, 5.74) is 23.3. The summed E-state index contributed by atoms with van der Waals surface area (Å²) in [6, 6.07) is 67.9. The average Bonchev–Trinajstić information content (AvgIpc) is 3.96. The summed E-state index contributed by atoms with van der Waals surface area (Å²) < 4.78 is 13.6. The molecule has 0 saturated heterocycles. The van der Waals surface area contributed by atoms with Crippen LogP contribution in [0.25, 0.3) is 66.1 Å². The number of hydrogen-bond donors (Lipinski definition) is 0. The molecule has 0 aliphatic carbocycles. The fourth-order valence-corrected chi connectivity index (χ4v) is 11.7. The molecule has 9 aromatic carbocycles. The standard InChI is InChI=1S/C66H57BN2O2/c1-6-8-20-46-34-51-49-26-16-18-28-61(49)70-63(51)40-57(46)68-55-32-30-44(42-22-12-10-13-23-42)36-53(55)67-54-37-45(43-24-14-11-15-25-43)31-33-56(54)69(60-39-48(66(3,4)5)38-59(68)65(60)67)58-41-64-52(35-47(58)21-9-7-2)50-27-17-19-29-62(50)71-64/h10-19,22-41H,6-9,20-21H2,1-5H3. The van der Waals surface area contributed by atoms with Crippen LogP contribution in [0.3, 0.4) is 0 Å². The first-order valence-electron chi connectivity index (χ1n) is 25.8. The molecule has 2 aliphatic rings. The van der Waals surface area contributed by atoms with E-state index in [-0.39, 0.29) is 12.1 Å². The lowest BCUT2D eigenvalue weighted by Crippen LogP contribution is -2.61. The number of nitrogens with zero attached hydrogens (tertiary/aromatic N) is 2. The second-order valence-electron chi connectivity index (χ2n) is 20.9. The molecule has 11 aromatic rings. The van der Waals surface area contributed by atoms with Crippen LogP contribution >= 0.6 is 0 Å². The highest BCUT2D eigenvalue weighted by Gasteiger charge is 2.45. The molecule has 0 fully saturated rings. The van der Waals surface area contributed by atoms with Gasteiger partial charge in [0.2, 0.25) is 0 Å². The van der Waals surface area contributed by atoms with Crippen molar-refractivity contribution in [3.8, 4) is 22.3 Å². The van der Waals surface area contributed by atoms with Gasteiger partial charge in [-0.3, -0.25) is 0 Å². The molecule has 346 valence electrons. The highest BCUT2D eigenvalue weighted by Crippen LogP contribution is 2.50. The van der Waals surface area contributed by atoms with Crippen LogP contribution in [0.5, 0.6) is 0 Å². The number of rotatable bonds is 10. The zero-order valence-corrected chi connectivity index (χ0v) is 41.4. The van der Waals surface area contributed by atoms with Crippen LogP contribution in [0.15, 0.2) is 191 Å². The van der Waals surface area contributed by atoms with E-state index in [1.165, 1.54) is 100 Å². The molecule has 0 bridgehead atoms. The SMILES string of the molecule is CCCCc1cc2c(cc1N1c3ccc(-c4ccccc4)cc3B3c4cc(-c5ccccc5)ccc4N(c4cc5oc6ccccc6c5cc4CCCC)c4cc(C(C)(C)C)cc1c43)oc1ccccc12. The Hall–Kier alpha value is -7.76. The van der Waals surface area contributed by atoms with Gasteiger partial charge < -0.3 is 18.6 Å². The molecule has 2 aromatic heterocycles. The second kappa shape index (κ2) is 17.0. The molecule has 0 amide bonds. The van der Waals surface area contributed by atoms with E-state index in [0.29, 0.717) is 0 Å². The molecule has 4 heterocycles. The fraction of sp³-hybridized carbons (Fsp3) is 0.182. The third-order valence-corrected chi connectivity index (χ3v) is 15.4. The maximum atomic E-state index is 6.79. The maximum Gasteiger partial charge on any atom is 0.252 e. The molecular formula is C66H57BN2O2. The second-order valence-corrected chi connectivity index (χ2v) is 20.9. The number of aryl methyl sites for hydroxylation is 2. The van der Waals surface area contributed by atoms with Gasteiger partial charge in [-0.05, 0) is 135 Å². The molecule has 0 unspecified atom stereocenters. The Balaban J connectivity index is 1.17. The van der Waals surface area contributed by atoms with Gasteiger partial charge in [0, 0.05) is 56.4 Å². The van der Waals surface area contributed by atoms with E-state index in [0.717, 1.165) is 71.6 Å². The predicted molar refractivity (Wildman–Crippen MR) is 302 cm³/mol. The third-order valence-electron chi connectivity index (χ3n) is 15.4. The zero-order valence-electron chi connectivity index (χ0n) is 41.4. The number of anilines is 6. The van der Waals surface area contributed by atoms with Gasteiger partial charge in [-0.25, -0.2) is 0 Å². The molecule has 0 spiro atoms. The Morgan fingerprint density at radius 3 is 1.27 bits per heavy atom. The number of para-hydroxylation sites is 2. The molecule has 0 atom stereocenters. The Labute approximate surface area is 417 Å². The lowest BCUT2D eigenvalue weighted by molar-refractivity contribution is 0.590. The number of fused-ring (bicyclic) bond motifs is 10. The van der Waals surface area contributed by atoms with Crippen LogP contribution in [0.2, 0.25) is 0 Å². The summed E-state index contributed by atoms with van der Waals surface area (Å²) in [6.45, 7) is 11.6. The molecule has 0 saturated carbocycles. The third kappa shape index (κ3) is 7.11. The van der Waals surface area contributed by atoms with Gasteiger partial charge in [-0.2, -0.15) is 0 Å². The quantitative estimate of drug-likeness (QED) is 0.128. The van der Waals surface area contributed by atoms with Gasteiger partial charge >= 0.3 is 0 Å². The lowest BCUT2D eigenvalue weighted by atomic mass is 9.33. The molecule has 4 nitrogen and oxygen atoms in total. The van der Waals surface area contributed by atoms with Gasteiger partial charge in [-0.15, -0.1) is 0 Å². The monoisotopic (exact) mass is 920 g/mol. The first-order chi connectivity index (χ1) is 34.7. The van der Waals surface area contributed by atoms with E-state index in [2.05, 4.69) is 226 Å². The van der Waals surface area contributed by atoms with E-state index in [1.54, 1.807) is 0 Å². The highest BCUT2D eigenvalue weighted by molar-refractivity contribution is 7.00. The Bertz CT molecular complexity index is 3620. The van der Waals surface area contributed by atoms with Crippen molar-refractivity contribution in [1.82, 2.24) is 0 Å². The van der Waals surface area contributed by atoms with Crippen LogP contribution in [0, 0.1) is 0 Å². The van der Waals surface area contributed by atoms with Crippen molar-refractivity contribution in [2.45, 2.75) is 78.6 Å².